The van der Waals surface area contributed by atoms with Gasteiger partial charge in [-0.2, -0.15) is 5.26 Å². The monoisotopic (exact) mass is 239 g/mol. The molecule has 0 amide bonds. The molecule has 0 spiro atoms. The highest BCUT2D eigenvalue weighted by atomic mass is 15.2. The van der Waals surface area contributed by atoms with Gasteiger partial charge < -0.3 is 4.98 Å². The Morgan fingerprint density at radius 1 is 1.22 bits per heavy atom. The highest BCUT2D eigenvalue weighted by Gasteiger charge is 2.19. The molecule has 0 fully saturated rings. The van der Waals surface area contributed by atoms with E-state index in [0.717, 1.165) is 18.8 Å². The molecule has 3 nitrogen and oxygen atoms in total. The molecule has 0 saturated carbocycles. The van der Waals surface area contributed by atoms with Gasteiger partial charge in [-0.3, -0.25) is 4.90 Å². The molecular weight excluding hydrogens is 222 g/mol. The number of H-pyrrole nitrogens is 1. The fraction of sp³-hybridized carbons (Fsp3) is 0.267. The predicted octanol–water partition coefficient (Wildman–Crippen LogP) is 3.10. The molecule has 0 radical (unpaired) electrons. The summed E-state index contributed by atoms with van der Waals surface area (Å²) in [6.07, 6.45) is 1.86. The maximum atomic E-state index is 9.37. The van der Waals surface area contributed by atoms with Crippen molar-refractivity contribution in [1.29, 1.82) is 5.26 Å². The summed E-state index contributed by atoms with van der Waals surface area (Å²) in [5.74, 6) is 0. The number of aromatic amines is 1. The largest absolute Gasteiger partial charge is 0.363 e. The van der Waals surface area contributed by atoms with E-state index in [2.05, 4.69) is 35.0 Å². The van der Waals surface area contributed by atoms with Gasteiger partial charge in [-0.05, 0) is 24.2 Å². The van der Waals surface area contributed by atoms with Crippen LogP contribution in [0, 0.1) is 11.3 Å². The van der Waals surface area contributed by atoms with Gasteiger partial charge in [-0.1, -0.05) is 37.3 Å². The summed E-state index contributed by atoms with van der Waals surface area (Å²) in [5, 5.41) is 9.37. The van der Waals surface area contributed by atoms with Crippen molar-refractivity contribution in [2.45, 2.75) is 19.5 Å². The van der Waals surface area contributed by atoms with Gasteiger partial charge in [-0.15, -0.1) is 0 Å². The van der Waals surface area contributed by atoms with Crippen LogP contribution in [0.15, 0.2) is 48.7 Å². The Hall–Kier alpha value is -2.05. The van der Waals surface area contributed by atoms with E-state index in [-0.39, 0.29) is 6.04 Å². The van der Waals surface area contributed by atoms with Gasteiger partial charge in [0.1, 0.15) is 6.04 Å². The maximum Gasteiger partial charge on any atom is 0.138 e. The Morgan fingerprint density at radius 3 is 2.56 bits per heavy atom. The van der Waals surface area contributed by atoms with Crippen LogP contribution in [0.25, 0.3) is 0 Å². The van der Waals surface area contributed by atoms with Crippen molar-refractivity contribution in [3.8, 4) is 6.07 Å². The van der Waals surface area contributed by atoms with Gasteiger partial charge >= 0.3 is 0 Å². The molecule has 3 heteroatoms. The molecule has 2 rings (SSSR count). The average molecular weight is 239 g/mol. The summed E-state index contributed by atoms with van der Waals surface area (Å²) in [7, 11) is 0. The average Bonchev–Trinajstić information content (AvgIpc) is 2.93. The fourth-order valence-corrected chi connectivity index (χ4v) is 2.07. The third-order valence-corrected chi connectivity index (χ3v) is 3.04. The molecule has 1 aromatic carbocycles. The van der Waals surface area contributed by atoms with E-state index in [1.807, 2.05) is 36.5 Å². The van der Waals surface area contributed by atoms with Crippen LogP contribution in [0.1, 0.15) is 24.2 Å². The number of hydrogen-bond donors (Lipinski definition) is 1. The Kier molecular flexibility index (Phi) is 4.16. The molecule has 18 heavy (non-hydrogen) atoms. The van der Waals surface area contributed by atoms with Gasteiger partial charge in [0.15, 0.2) is 0 Å². The molecule has 1 N–H and O–H groups in total. The quantitative estimate of drug-likeness (QED) is 0.871. The zero-order valence-electron chi connectivity index (χ0n) is 10.5. The summed E-state index contributed by atoms with van der Waals surface area (Å²) < 4.78 is 0. The molecular formula is C15H17N3. The minimum atomic E-state index is -0.217. The first-order valence-corrected chi connectivity index (χ1v) is 6.16. The molecule has 1 aromatic heterocycles. The lowest BCUT2D eigenvalue weighted by Crippen LogP contribution is -2.27. The van der Waals surface area contributed by atoms with Crippen molar-refractivity contribution in [3.63, 3.8) is 0 Å². The lowest BCUT2D eigenvalue weighted by Gasteiger charge is -2.25. The highest BCUT2D eigenvalue weighted by molar-refractivity contribution is 5.19. The van der Waals surface area contributed by atoms with E-state index in [4.69, 9.17) is 0 Å². The lowest BCUT2D eigenvalue weighted by atomic mass is 10.1. The minimum Gasteiger partial charge on any atom is -0.363 e. The smallest absolute Gasteiger partial charge is 0.138 e. The van der Waals surface area contributed by atoms with Crippen molar-refractivity contribution in [3.05, 3.63) is 59.9 Å². The van der Waals surface area contributed by atoms with E-state index in [0.29, 0.717) is 0 Å². The maximum absolute atomic E-state index is 9.37. The molecule has 0 bridgehead atoms. The Balaban J connectivity index is 2.15. The third-order valence-electron chi connectivity index (χ3n) is 3.04. The lowest BCUT2D eigenvalue weighted by molar-refractivity contribution is 0.236. The van der Waals surface area contributed by atoms with Crippen LogP contribution in [-0.2, 0) is 6.54 Å². The van der Waals surface area contributed by atoms with Crippen LogP contribution < -0.4 is 0 Å². The number of rotatable bonds is 5. The third kappa shape index (κ3) is 2.79. The van der Waals surface area contributed by atoms with E-state index < -0.39 is 0 Å². The van der Waals surface area contributed by atoms with Crippen molar-refractivity contribution >= 4 is 0 Å². The summed E-state index contributed by atoms with van der Waals surface area (Å²) >= 11 is 0. The van der Waals surface area contributed by atoms with Crippen LogP contribution in [0.4, 0.5) is 0 Å². The number of nitriles is 1. The van der Waals surface area contributed by atoms with Crippen LogP contribution >= 0.6 is 0 Å². The van der Waals surface area contributed by atoms with Crippen molar-refractivity contribution < 1.29 is 0 Å². The number of hydrogen-bond acceptors (Lipinski definition) is 2. The standard InChI is InChI=1S/C15H17N3/c1-2-18(12-13-7-4-3-5-8-13)15(11-16)14-9-6-10-17-14/h3-10,15,17H,2,12H2,1H3. The van der Waals surface area contributed by atoms with Gasteiger partial charge in [0.25, 0.3) is 0 Å². The first-order chi connectivity index (χ1) is 8.85. The molecule has 2 aromatic rings. The summed E-state index contributed by atoms with van der Waals surface area (Å²) in [6.45, 7) is 3.71. The van der Waals surface area contributed by atoms with Crippen LogP contribution in [0.3, 0.4) is 0 Å². The first kappa shape index (κ1) is 12.4. The van der Waals surface area contributed by atoms with Gasteiger partial charge in [-0.25, -0.2) is 0 Å². The minimum absolute atomic E-state index is 0.217. The zero-order valence-corrected chi connectivity index (χ0v) is 10.5. The number of aromatic nitrogens is 1. The van der Waals surface area contributed by atoms with E-state index in [9.17, 15) is 5.26 Å². The van der Waals surface area contributed by atoms with E-state index in [1.165, 1.54) is 5.56 Å². The Labute approximate surface area is 108 Å². The van der Waals surface area contributed by atoms with Crippen molar-refractivity contribution in [2.24, 2.45) is 0 Å². The fourth-order valence-electron chi connectivity index (χ4n) is 2.07. The van der Waals surface area contributed by atoms with Gasteiger partial charge in [0.2, 0.25) is 0 Å². The molecule has 92 valence electrons. The van der Waals surface area contributed by atoms with Crippen LogP contribution in [0.5, 0.6) is 0 Å². The Bertz CT molecular complexity index is 496. The Morgan fingerprint density at radius 2 is 2.00 bits per heavy atom. The highest BCUT2D eigenvalue weighted by Crippen LogP contribution is 2.20. The summed E-state index contributed by atoms with van der Waals surface area (Å²) in [4.78, 5) is 5.28. The number of nitrogens with one attached hydrogen (secondary N) is 1. The second kappa shape index (κ2) is 6.04. The molecule has 0 aliphatic rings. The molecule has 0 aliphatic heterocycles. The predicted molar refractivity (Wildman–Crippen MR) is 71.7 cm³/mol. The van der Waals surface area contributed by atoms with Crippen molar-refractivity contribution in [2.75, 3.05) is 6.54 Å². The summed E-state index contributed by atoms with van der Waals surface area (Å²) in [5.41, 5.74) is 2.18. The molecule has 0 aliphatic carbocycles. The molecule has 1 heterocycles. The molecule has 1 unspecified atom stereocenters. The number of benzene rings is 1. The van der Waals surface area contributed by atoms with Crippen molar-refractivity contribution in [1.82, 2.24) is 9.88 Å². The van der Waals surface area contributed by atoms with Crippen LogP contribution in [-0.4, -0.2) is 16.4 Å². The first-order valence-electron chi connectivity index (χ1n) is 6.16. The molecule has 0 saturated heterocycles. The van der Waals surface area contributed by atoms with Gasteiger partial charge in [0, 0.05) is 18.4 Å². The zero-order chi connectivity index (χ0) is 12.8. The van der Waals surface area contributed by atoms with Crippen LogP contribution in [0.2, 0.25) is 0 Å². The topological polar surface area (TPSA) is 42.8 Å². The molecule has 1 atom stereocenters. The number of nitrogens with zero attached hydrogens (tertiary/aromatic N) is 2. The summed E-state index contributed by atoms with van der Waals surface area (Å²) in [6, 6.07) is 16.3. The van der Waals surface area contributed by atoms with Gasteiger partial charge in [0.05, 0.1) is 6.07 Å². The SMILES string of the molecule is CCN(Cc1ccccc1)C(C#N)c1ccc[nH]1. The normalized spacial score (nSPS) is 12.3. The second-order valence-electron chi connectivity index (χ2n) is 4.21. The van der Waals surface area contributed by atoms with E-state index >= 15 is 0 Å². The van der Waals surface area contributed by atoms with E-state index in [1.54, 1.807) is 0 Å². The second-order valence-corrected chi connectivity index (χ2v) is 4.21.